The molecule has 1 saturated heterocycles. The molecule has 128 valence electrons. The van der Waals surface area contributed by atoms with Crippen LogP contribution in [-0.4, -0.2) is 40.0 Å². The van der Waals surface area contributed by atoms with Gasteiger partial charge in [-0.1, -0.05) is 19.1 Å². The van der Waals surface area contributed by atoms with E-state index in [1.807, 2.05) is 35.7 Å². The van der Waals surface area contributed by atoms with E-state index < -0.39 is 0 Å². The monoisotopic (exact) mass is 330 g/mol. The first-order valence-electron chi connectivity index (χ1n) is 8.29. The largest absolute Gasteiger partial charge is 0.336 e. The summed E-state index contributed by atoms with van der Waals surface area (Å²) in [5.41, 5.74) is 0.847. The number of amides is 1. The molecule has 0 radical (unpaired) electrons. The SMILES string of the molecule is CC(Cc1cccc(F)c1)C(=O)N1CCNCC1c1nccn1C. The number of carbonyl (C=O) groups excluding carboxylic acids is 1. The Morgan fingerprint density at radius 1 is 1.50 bits per heavy atom. The Balaban J connectivity index is 1.75. The third-order valence-corrected chi connectivity index (χ3v) is 4.54. The number of piperazine rings is 1. The van der Waals surface area contributed by atoms with Gasteiger partial charge in [-0.3, -0.25) is 4.79 Å². The van der Waals surface area contributed by atoms with Crippen LogP contribution >= 0.6 is 0 Å². The molecule has 0 saturated carbocycles. The van der Waals surface area contributed by atoms with E-state index in [0.717, 1.165) is 17.9 Å². The molecular weight excluding hydrogens is 307 g/mol. The summed E-state index contributed by atoms with van der Waals surface area (Å²) in [6, 6.07) is 6.40. The highest BCUT2D eigenvalue weighted by atomic mass is 19.1. The summed E-state index contributed by atoms with van der Waals surface area (Å²) >= 11 is 0. The van der Waals surface area contributed by atoms with Gasteiger partial charge in [-0.2, -0.15) is 0 Å². The highest BCUT2D eigenvalue weighted by Gasteiger charge is 2.32. The van der Waals surface area contributed by atoms with E-state index in [1.165, 1.54) is 12.1 Å². The summed E-state index contributed by atoms with van der Waals surface area (Å²) in [6.45, 7) is 4.04. The molecule has 1 aromatic carbocycles. The Morgan fingerprint density at radius 3 is 3.04 bits per heavy atom. The first kappa shape index (κ1) is 16.6. The van der Waals surface area contributed by atoms with Crippen molar-refractivity contribution >= 4 is 5.91 Å². The Morgan fingerprint density at radius 2 is 2.33 bits per heavy atom. The van der Waals surface area contributed by atoms with Crippen LogP contribution < -0.4 is 5.32 Å². The van der Waals surface area contributed by atoms with Crippen molar-refractivity contribution in [3.63, 3.8) is 0 Å². The van der Waals surface area contributed by atoms with Gasteiger partial charge in [-0.15, -0.1) is 0 Å². The van der Waals surface area contributed by atoms with Crippen LogP contribution in [-0.2, 0) is 18.3 Å². The van der Waals surface area contributed by atoms with Crippen molar-refractivity contribution in [1.82, 2.24) is 19.8 Å². The lowest BCUT2D eigenvalue weighted by Crippen LogP contribution is -2.51. The van der Waals surface area contributed by atoms with Crippen molar-refractivity contribution in [3.05, 3.63) is 53.9 Å². The zero-order chi connectivity index (χ0) is 17.1. The molecular formula is C18H23FN4O. The van der Waals surface area contributed by atoms with Crippen LogP contribution in [0.1, 0.15) is 24.4 Å². The zero-order valence-corrected chi connectivity index (χ0v) is 14.1. The number of halogens is 1. The van der Waals surface area contributed by atoms with Gasteiger partial charge in [-0.05, 0) is 24.1 Å². The van der Waals surface area contributed by atoms with Crippen molar-refractivity contribution in [2.75, 3.05) is 19.6 Å². The fourth-order valence-corrected chi connectivity index (χ4v) is 3.28. The molecule has 3 rings (SSSR count). The van der Waals surface area contributed by atoms with Crippen molar-refractivity contribution < 1.29 is 9.18 Å². The van der Waals surface area contributed by atoms with Crippen LogP contribution in [0.25, 0.3) is 0 Å². The predicted octanol–water partition coefficient (Wildman–Crippen LogP) is 1.91. The number of aromatic nitrogens is 2. The lowest BCUT2D eigenvalue weighted by atomic mass is 9.98. The molecule has 24 heavy (non-hydrogen) atoms. The van der Waals surface area contributed by atoms with Crippen molar-refractivity contribution in [2.24, 2.45) is 13.0 Å². The molecule has 1 amide bonds. The first-order chi connectivity index (χ1) is 11.6. The Labute approximate surface area is 141 Å². The average Bonchev–Trinajstić information content (AvgIpc) is 3.00. The quantitative estimate of drug-likeness (QED) is 0.932. The van der Waals surface area contributed by atoms with Crippen LogP contribution in [0.3, 0.4) is 0 Å². The minimum absolute atomic E-state index is 0.0683. The molecule has 2 unspecified atom stereocenters. The molecule has 0 aliphatic carbocycles. The third kappa shape index (κ3) is 3.48. The van der Waals surface area contributed by atoms with Gasteiger partial charge in [0.15, 0.2) is 0 Å². The molecule has 1 aliphatic heterocycles. The van der Waals surface area contributed by atoms with Crippen LogP contribution in [0, 0.1) is 11.7 Å². The lowest BCUT2D eigenvalue weighted by molar-refractivity contribution is -0.138. The van der Waals surface area contributed by atoms with E-state index in [-0.39, 0.29) is 23.7 Å². The molecule has 2 aromatic rings. The summed E-state index contributed by atoms with van der Waals surface area (Å²) in [5, 5.41) is 3.33. The second-order valence-corrected chi connectivity index (χ2v) is 6.38. The third-order valence-electron chi connectivity index (χ3n) is 4.54. The van der Waals surface area contributed by atoms with Gasteiger partial charge in [0.2, 0.25) is 5.91 Å². The van der Waals surface area contributed by atoms with E-state index in [0.29, 0.717) is 19.5 Å². The van der Waals surface area contributed by atoms with E-state index in [9.17, 15) is 9.18 Å². The summed E-state index contributed by atoms with van der Waals surface area (Å²) in [4.78, 5) is 19.3. The van der Waals surface area contributed by atoms with Gasteiger partial charge < -0.3 is 14.8 Å². The van der Waals surface area contributed by atoms with E-state index >= 15 is 0 Å². The lowest BCUT2D eigenvalue weighted by Gasteiger charge is -2.37. The number of hydrogen-bond acceptors (Lipinski definition) is 3. The number of benzene rings is 1. The number of aryl methyl sites for hydroxylation is 1. The maximum atomic E-state index is 13.4. The Bertz CT molecular complexity index is 715. The standard InChI is InChI=1S/C18H23FN4O/c1-13(10-14-4-3-5-15(19)11-14)18(24)23-9-6-20-12-16(23)17-21-7-8-22(17)2/h3-5,7-8,11,13,16,20H,6,9-10,12H2,1-2H3. The van der Waals surface area contributed by atoms with E-state index in [4.69, 9.17) is 0 Å². The second-order valence-electron chi connectivity index (χ2n) is 6.38. The van der Waals surface area contributed by atoms with Gasteiger partial charge in [0, 0.05) is 45.0 Å². The number of imidazole rings is 1. The van der Waals surface area contributed by atoms with E-state index in [2.05, 4.69) is 10.3 Å². The van der Waals surface area contributed by atoms with Gasteiger partial charge in [0.05, 0.1) is 0 Å². The first-order valence-corrected chi connectivity index (χ1v) is 8.29. The number of hydrogen-bond donors (Lipinski definition) is 1. The maximum absolute atomic E-state index is 13.4. The highest BCUT2D eigenvalue weighted by molar-refractivity contribution is 5.79. The zero-order valence-electron chi connectivity index (χ0n) is 14.1. The molecule has 0 bridgehead atoms. The van der Waals surface area contributed by atoms with Gasteiger partial charge in [0.1, 0.15) is 17.7 Å². The molecule has 2 atom stereocenters. The van der Waals surface area contributed by atoms with Crippen LogP contribution in [0.4, 0.5) is 4.39 Å². The summed E-state index contributed by atoms with van der Waals surface area (Å²) in [7, 11) is 1.94. The van der Waals surface area contributed by atoms with E-state index in [1.54, 1.807) is 12.3 Å². The molecule has 1 fully saturated rings. The molecule has 2 heterocycles. The summed E-state index contributed by atoms with van der Waals surface area (Å²) in [6.07, 6.45) is 4.18. The summed E-state index contributed by atoms with van der Waals surface area (Å²) < 4.78 is 15.3. The average molecular weight is 330 g/mol. The van der Waals surface area contributed by atoms with Gasteiger partial charge in [-0.25, -0.2) is 9.37 Å². The second kappa shape index (κ2) is 7.13. The number of nitrogens with zero attached hydrogens (tertiary/aromatic N) is 3. The van der Waals surface area contributed by atoms with Gasteiger partial charge in [0.25, 0.3) is 0 Å². The minimum Gasteiger partial charge on any atom is -0.336 e. The van der Waals surface area contributed by atoms with Crippen LogP contribution in [0.5, 0.6) is 0 Å². The number of carbonyl (C=O) groups is 1. The fourth-order valence-electron chi connectivity index (χ4n) is 3.28. The molecule has 1 aliphatic rings. The predicted molar refractivity (Wildman–Crippen MR) is 89.8 cm³/mol. The van der Waals surface area contributed by atoms with Crippen molar-refractivity contribution in [3.8, 4) is 0 Å². The number of nitrogens with one attached hydrogen (secondary N) is 1. The highest BCUT2D eigenvalue weighted by Crippen LogP contribution is 2.23. The summed E-state index contributed by atoms with van der Waals surface area (Å²) in [5.74, 6) is 0.509. The number of rotatable bonds is 4. The van der Waals surface area contributed by atoms with Crippen molar-refractivity contribution in [1.29, 1.82) is 0 Å². The van der Waals surface area contributed by atoms with Crippen LogP contribution in [0.15, 0.2) is 36.7 Å². The maximum Gasteiger partial charge on any atom is 0.226 e. The molecule has 0 spiro atoms. The fraction of sp³-hybridized carbons (Fsp3) is 0.444. The molecule has 1 N–H and O–H groups in total. The molecule has 6 heteroatoms. The van der Waals surface area contributed by atoms with Crippen molar-refractivity contribution in [2.45, 2.75) is 19.4 Å². The smallest absolute Gasteiger partial charge is 0.226 e. The Kier molecular flexibility index (Phi) is 4.94. The Hall–Kier alpha value is -2.21. The van der Waals surface area contributed by atoms with Crippen LogP contribution in [0.2, 0.25) is 0 Å². The normalized spacial score (nSPS) is 19.3. The van der Waals surface area contributed by atoms with Gasteiger partial charge >= 0.3 is 0 Å². The molecule has 5 nitrogen and oxygen atoms in total. The minimum atomic E-state index is -0.264. The topological polar surface area (TPSA) is 50.2 Å². The molecule has 1 aromatic heterocycles.